The summed E-state index contributed by atoms with van der Waals surface area (Å²) in [4.78, 5) is 37.7. The van der Waals surface area contributed by atoms with Gasteiger partial charge in [0.25, 0.3) is 0 Å². The fourth-order valence-electron chi connectivity index (χ4n) is 3.88. The Morgan fingerprint density at radius 2 is 1.41 bits per heavy atom. The van der Waals surface area contributed by atoms with Crippen molar-refractivity contribution in [2.45, 2.75) is 65.1 Å². The van der Waals surface area contributed by atoms with Gasteiger partial charge in [-0.15, -0.1) is 0 Å². The molecule has 1 aliphatic heterocycles. The zero-order valence-electron chi connectivity index (χ0n) is 22.8. The maximum absolute atomic E-state index is 13.2. The number of hydrogen-bond acceptors (Lipinski definition) is 5. The number of phenols is 1. The minimum atomic E-state index is -5.08. The molecule has 2 aromatic rings. The van der Waals surface area contributed by atoms with E-state index < -0.39 is 12.1 Å². The summed E-state index contributed by atoms with van der Waals surface area (Å²) in [5.41, 5.74) is 2.12. The molecule has 212 valence electrons. The summed E-state index contributed by atoms with van der Waals surface area (Å²) < 4.78 is 31.7. The highest BCUT2D eigenvalue weighted by Gasteiger charge is 2.38. The standard InChI is InChI=1S/C26H33N3O3.C2HF3O2/c1-25(2,3)19-12-18(13-20(23(19)32)26(4,5)6)21(30)15-29-22(31)16-28(24(29)27)14-17-10-8-7-9-11-17;3-2(4,5)1(6)7/h7-13,27,32H,14-16H2,1-6H3;(H,6,7). The monoisotopic (exact) mass is 549 g/mol. The number of ketones is 1. The SMILES string of the molecule is CC(C)(C)c1cc(C(=O)CN2C(=N)N(Cc3ccccc3)CC2=O)cc(C(C)(C)C)c1O.O=C(O)C(F)(F)F. The third-order valence-electron chi connectivity index (χ3n) is 5.99. The Hall–Kier alpha value is -3.89. The molecule has 3 rings (SSSR count). The number of alkyl halides is 3. The summed E-state index contributed by atoms with van der Waals surface area (Å²) in [5.74, 6) is -3.02. The second kappa shape index (κ2) is 11.5. The molecule has 0 bridgehead atoms. The van der Waals surface area contributed by atoms with Crippen molar-refractivity contribution in [3.63, 3.8) is 0 Å². The first kappa shape index (κ1) is 31.3. The van der Waals surface area contributed by atoms with Crippen LogP contribution in [0.1, 0.15) is 68.6 Å². The Balaban J connectivity index is 0.000000673. The fraction of sp³-hybridized carbons (Fsp3) is 0.429. The molecule has 8 nitrogen and oxygen atoms in total. The first-order valence-corrected chi connectivity index (χ1v) is 12.1. The number of halogens is 3. The number of carbonyl (C=O) groups is 3. The molecule has 0 atom stereocenters. The third-order valence-corrected chi connectivity index (χ3v) is 5.99. The van der Waals surface area contributed by atoms with Gasteiger partial charge in [-0.2, -0.15) is 13.2 Å². The molecule has 1 aliphatic rings. The molecule has 0 radical (unpaired) electrons. The average Bonchev–Trinajstić information content (AvgIpc) is 3.05. The zero-order valence-corrected chi connectivity index (χ0v) is 22.8. The van der Waals surface area contributed by atoms with Crippen LogP contribution in [0, 0.1) is 5.41 Å². The largest absolute Gasteiger partial charge is 0.507 e. The first-order chi connectivity index (χ1) is 17.7. The van der Waals surface area contributed by atoms with Crippen LogP contribution in [-0.4, -0.2) is 62.9 Å². The number of aliphatic carboxylic acids is 1. The van der Waals surface area contributed by atoms with Gasteiger partial charge < -0.3 is 15.1 Å². The first-order valence-electron chi connectivity index (χ1n) is 12.1. The number of nitrogens with one attached hydrogen (secondary N) is 1. The van der Waals surface area contributed by atoms with E-state index in [4.69, 9.17) is 15.3 Å². The average molecular weight is 550 g/mol. The molecule has 1 saturated heterocycles. The summed E-state index contributed by atoms with van der Waals surface area (Å²) in [7, 11) is 0. The van der Waals surface area contributed by atoms with Gasteiger partial charge in [0.1, 0.15) is 12.3 Å². The van der Waals surface area contributed by atoms with E-state index in [1.54, 1.807) is 17.0 Å². The number of carboxylic acids is 1. The van der Waals surface area contributed by atoms with Gasteiger partial charge in [-0.05, 0) is 28.5 Å². The lowest BCUT2D eigenvalue weighted by atomic mass is 9.78. The molecule has 11 heteroatoms. The van der Waals surface area contributed by atoms with Crippen molar-refractivity contribution in [1.29, 1.82) is 5.41 Å². The molecule has 0 unspecified atom stereocenters. The van der Waals surface area contributed by atoms with Gasteiger partial charge in [0.2, 0.25) is 11.9 Å². The predicted molar refractivity (Wildman–Crippen MR) is 140 cm³/mol. The number of hydrogen-bond donors (Lipinski definition) is 3. The Bertz CT molecular complexity index is 1210. The zero-order chi connectivity index (χ0) is 29.9. The highest BCUT2D eigenvalue weighted by Crippen LogP contribution is 2.40. The normalized spacial score (nSPS) is 14.3. The van der Waals surface area contributed by atoms with Gasteiger partial charge in [0.15, 0.2) is 5.78 Å². The Morgan fingerprint density at radius 3 is 1.82 bits per heavy atom. The van der Waals surface area contributed by atoms with Crippen molar-refractivity contribution in [2.75, 3.05) is 13.1 Å². The highest BCUT2D eigenvalue weighted by atomic mass is 19.4. The molecular weight excluding hydrogens is 515 g/mol. The van der Waals surface area contributed by atoms with E-state index in [9.17, 15) is 27.9 Å². The van der Waals surface area contributed by atoms with Gasteiger partial charge in [0.05, 0.1) is 6.54 Å². The second-order valence-corrected chi connectivity index (χ2v) is 11.3. The van der Waals surface area contributed by atoms with Crippen molar-refractivity contribution < 1.29 is 37.8 Å². The van der Waals surface area contributed by atoms with Gasteiger partial charge in [-0.25, -0.2) is 4.79 Å². The highest BCUT2D eigenvalue weighted by molar-refractivity contribution is 6.08. The maximum atomic E-state index is 13.2. The number of Topliss-reactive ketones (excluding diaryl/α,β-unsaturated/α-hetero) is 1. The summed E-state index contributed by atoms with van der Waals surface area (Å²) in [6, 6.07) is 13.1. The van der Waals surface area contributed by atoms with Crippen LogP contribution in [-0.2, 0) is 27.0 Å². The maximum Gasteiger partial charge on any atom is 0.490 e. The van der Waals surface area contributed by atoms with Crippen LogP contribution in [0.15, 0.2) is 42.5 Å². The molecular formula is C28H34F3N3O5. The van der Waals surface area contributed by atoms with Gasteiger partial charge in [0, 0.05) is 23.2 Å². The summed E-state index contributed by atoms with van der Waals surface area (Å²) in [6.07, 6.45) is -5.08. The van der Waals surface area contributed by atoms with Crippen LogP contribution < -0.4 is 0 Å². The van der Waals surface area contributed by atoms with Crippen LogP contribution in [0.25, 0.3) is 0 Å². The number of benzene rings is 2. The number of nitrogens with zero attached hydrogens (tertiary/aromatic N) is 2. The quantitative estimate of drug-likeness (QED) is 0.447. The molecule has 2 aromatic carbocycles. The molecule has 1 heterocycles. The lowest BCUT2D eigenvalue weighted by molar-refractivity contribution is -0.192. The van der Waals surface area contributed by atoms with Gasteiger partial charge in [-0.3, -0.25) is 19.9 Å². The van der Waals surface area contributed by atoms with Crippen LogP contribution in [0.2, 0.25) is 0 Å². The predicted octanol–water partition coefficient (Wildman–Crippen LogP) is 5.08. The van der Waals surface area contributed by atoms with Crippen LogP contribution in [0.3, 0.4) is 0 Å². The lowest BCUT2D eigenvalue weighted by Gasteiger charge is -2.28. The minimum Gasteiger partial charge on any atom is -0.507 e. The van der Waals surface area contributed by atoms with Gasteiger partial charge >= 0.3 is 12.1 Å². The number of amides is 1. The van der Waals surface area contributed by atoms with E-state index in [0.717, 1.165) is 5.56 Å². The lowest BCUT2D eigenvalue weighted by Crippen LogP contribution is -2.37. The molecule has 0 aliphatic carbocycles. The van der Waals surface area contributed by atoms with Crippen molar-refractivity contribution in [2.24, 2.45) is 0 Å². The van der Waals surface area contributed by atoms with Crippen LogP contribution >= 0.6 is 0 Å². The topological polar surface area (TPSA) is 122 Å². The summed E-state index contributed by atoms with van der Waals surface area (Å²) in [6.45, 7) is 12.3. The minimum absolute atomic E-state index is 0.0399. The van der Waals surface area contributed by atoms with E-state index in [-0.39, 0.29) is 47.3 Å². The fourth-order valence-corrected chi connectivity index (χ4v) is 3.88. The molecule has 0 aromatic heterocycles. The molecule has 39 heavy (non-hydrogen) atoms. The van der Waals surface area contributed by atoms with Crippen molar-refractivity contribution in [3.05, 3.63) is 64.7 Å². The number of rotatable bonds is 5. The summed E-state index contributed by atoms with van der Waals surface area (Å²) in [5, 5.41) is 26.5. The third kappa shape index (κ3) is 8.05. The van der Waals surface area contributed by atoms with E-state index in [1.807, 2.05) is 71.9 Å². The van der Waals surface area contributed by atoms with Crippen molar-refractivity contribution in [3.8, 4) is 5.75 Å². The molecule has 0 spiro atoms. The molecule has 1 amide bonds. The number of guanidine groups is 1. The van der Waals surface area contributed by atoms with Crippen LogP contribution in [0.4, 0.5) is 13.2 Å². The molecule has 3 N–H and O–H groups in total. The van der Waals surface area contributed by atoms with E-state index >= 15 is 0 Å². The Kier molecular flexibility index (Phi) is 9.21. The summed E-state index contributed by atoms with van der Waals surface area (Å²) >= 11 is 0. The van der Waals surface area contributed by atoms with Crippen molar-refractivity contribution in [1.82, 2.24) is 9.80 Å². The number of carboxylic acid groups (broad SMARTS) is 1. The van der Waals surface area contributed by atoms with Gasteiger partial charge in [-0.1, -0.05) is 71.9 Å². The Labute approximate surface area is 225 Å². The number of phenolic OH excluding ortho intramolecular Hbond substituents is 1. The van der Waals surface area contributed by atoms with Crippen LogP contribution in [0.5, 0.6) is 5.75 Å². The smallest absolute Gasteiger partial charge is 0.490 e. The molecule has 0 saturated carbocycles. The van der Waals surface area contributed by atoms with Crippen molar-refractivity contribution >= 4 is 23.6 Å². The van der Waals surface area contributed by atoms with E-state index in [0.29, 0.717) is 23.2 Å². The number of carbonyl (C=O) groups excluding carboxylic acids is 2. The van der Waals surface area contributed by atoms with E-state index in [1.165, 1.54) is 4.90 Å². The van der Waals surface area contributed by atoms with E-state index in [2.05, 4.69) is 0 Å². The second-order valence-electron chi connectivity index (χ2n) is 11.3. The number of aromatic hydroxyl groups is 1. The molecule has 1 fully saturated rings. The Morgan fingerprint density at radius 1 is 0.949 bits per heavy atom.